The van der Waals surface area contributed by atoms with E-state index in [0.29, 0.717) is 49.6 Å². The van der Waals surface area contributed by atoms with Crippen LogP contribution in [0.3, 0.4) is 0 Å². The molecule has 4 heterocycles. The molecule has 8 fully saturated rings. The van der Waals surface area contributed by atoms with E-state index in [1.807, 2.05) is 24.3 Å². The van der Waals surface area contributed by atoms with Crippen molar-refractivity contribution in [2.24, 2.45) is 10.8 Å². The molecule has 0 unspecified atom stereocenters. The number of rotatable bonds is 8. The molecule has 0 aromatic heterocycles. The number of likely N-dealkylation sites (tertiary alicyclic amines) is 4. The summed E-state index contributed by atoms with van der Waals surface area (Å²) in [6.07, 6.45) is 13.2. The van der Waals surface area contributed by atoms with E-state index in [1.54, 1.807) is 24.0 Å². The first kappa shape index (κ1) is 40.7. The van der Waals surface area contributed by atoms with Gasteiger partial charge in [0.15, 0.2) is 11.3 Å². The van der Waals surface area contributed by atoms with Crippen LogP contribution in [0.4, 0.5) is 8.78 Å². The molecule has 0 radical (unpaired) electrons. The van der Waals surface area contributed by atoms with Gasteiger partial charge in [0.25, 0.3) is 11.8 Å². The van der Waals surface area contributed by atoms with Gasteiger partial charge >= 0.3 is 0 Å². The summed E-state index contributed by atoms with van der Waals surface area (Å²) in [4.78, 5) is 33.2. The lowest BCUT2D eigenvalue weighted by atomic mass is 9.77. The molecule has 0 bridgehead atoms. The van der Waals surface area contributed by atoms with Gasteiger partial charge in [0.1, 0.15) is 11.5 Å². The van der Waals surface area contributed by atoms with Crippen LogP contribution < -0.4 is 9.47 Å². The zero-order chi connectivity index (χ0) is 40.5. The van der Waals surface area contributed by atoms with E-state index in [2.05, 4.69) is 21.9 Å². The van der Waals surface area contributed by atoms with Crippen LogP contribution in [0.2, 0.25) is 10.0 Å². The molecule has 2 atom stereocenters. The molecule has 58 heavy (non-hydrogen) atoms. The summed E-state index contributed by atoms with van der Waals surface area (Å²) in [6, 6.07) is 13.0. The number of carbonyl (C=O) groups excluding carboxylic acids is 2. The van der Waals surface area contributed by atoms with Gasteiger partial charge in [-0.15, -0.1) is 0 Å². The van der Waals surface area contributed by atoms with Gasteiger partial charge in [0, 0.05) is 59.1 Å². The fourth-order valence-electron chi connectivity index (χ4n) is 11.8. The van der Waals surface area contributed by atoms with E-state index in [9.17, 15) is 18.4 Å². The number of piperidine rings is 2. The Bertz CT molecular complexity index is 1730. The lowest BCUT2D eigenvalue weighted by molar-refractivity contribution is -0.151. The van der Waals surface area contributed by atoms with Crippen LogP contribution in [0.25, 0.3) is 0 Å². The van der Waals surface area contributed by atoms with Gasteiger partial charge in [0.05, 0.1) is 14.2 Å². The number of nitrogens with zero attached hydrogens (tertiary/aromatic N) is 4. The summed E-state index contributed by atoms with van der Waals surface area (Å²) in [5.74, 6) is 2.37. The number of hydrogen-bond acceptors (Lipinski definition) is 6. The van der Waals surface area contributed by atoms with E-state index >= 15 is 0 Å². The van der Waals surface area contributed by atoms with Crippen LogP contribution >= 0.6 is 23.2 Å². The third kappa shape index (κ3) is 7.98. The fraction of sp³-hybridized carbons (Fsp3) is 0.696. The first-order chi connectivity index (χ1) is 27.8. The van der Waals surface area contributed by atoms with E-state index in [-0.39, 0.29) is 22.6 Å². The highest BCUT2D eigenvalue weighted by atomic mass is 35.5. The highest BCUT2D eigenvalue weighted by Gasteiger charge is 2.60. The standard InChI is InChI=1S/2C23H30ClFN2O2/c2*1-29-20-3-2-17(24)12-19(20)16-5-10-26(11-6-16)18-4-7-22(13-18)14-27(15-22)21(28)23(25)8-9-23/h2*2-3,12,16,18H,4-11,13-15H2,1H3/t2*18-/m10/s1. The van der Waals surface area contributed by atoms with Crippen molar-refractivity contribution in [2.75, 3.05) is 66.6 Å². The molecule has 8 aliphatic rings. The molecule has 2 aromatic carbocycles. The van der Waals surface area contributed by atoms with Gasteiger partial charge in [-0.25, -0.2) is 8.78 Å². The van der Waals surface area contributed by atoms with Crippen LogP contribution in [0.1, 0.15) is 113 Å². The summed E-state index contributed by atoms with van der Waals surface area (Å²) < 4.78 is 39.2. The number of amides is 2. The largest absolute Gasteiger partial charge is 0.496 e. The molecule has 4 aliphatic carbocycles. The topological polar surface area (TPSA) is 65.6 Å². The SMILES string of the molecule is COc1ccc(Cl)cc1C1CCN([C@@H]2CCC3(C2)CN(C(=O)C2(F)CC2)C3)CC1.COc1ccc(Cl)cc1C1CCN([C@H]2CCC3(C2)CN(C(=O)C2(F)CC2)C3)CC1. The fourth-order valence-corrected chi connectivity index (χ4v) is 12.1. The van der Waals surface area contributed by atoms with Crippen molar-refractivity contribution >= 4 is 35.0 Å². The summed E-state index contributed by atoms with van der Waals surface area (Å²) in [5, 5.41) is 1.54. The van der Waals surface area contributed by atoms with E-state index in [1.165, 1.54) is 36.8 Å². The number of carbonyl (C=O) groups is 2. The minimum absolute atomic E-state index is 0.247. The second-order valence-corrected chi connectivity index (χ2v) is 20.3. The second kappa shape index (κ2) is 15.7. The van der Waals surface area contributed by atoms with Gasteiger partial charge in [0.2, 0.25) is 0 Å². The maximum absolute atomic E-state index is 14.0. The number of halogens is 4. The molecule has 4 saturated heterocycles. The third-order valence-corrected chi connectivity index (χ3v) is 16.0. The molecule has 2 amide bonds. The van der Waals surface area contributed by atoms with Crippen LogP contribution in [-0.2, 0) is 9.59 Å². The second-order valence-electron chi connectivity index (χ2n) is 19.4. The van der Waals surface area contributed by atoms with Crippen molar-refractivity contribution in [3.8, 4) is 11.5 Å². The number of ether oxygens (including phenoxy) is 2. The predicted octanol–water partition coefficient (Wildman–Crippen LogP) is 8.82. The maximum atomic E-state index is 14.0. The first-order valence-electron chi connectivity index (χ1n) is 21.9. The Labute approximate surface area is 352 Å². The first-order valence-corrected chi connectivity index (χ1v) is 22.7. The number of methoxy groups -OCH3 is 2. The molecule has 4 aliphatic heterocycles. The van der Waals surface area contributed by atoms with Gasteiger partial charge in [-0.1, -0.05) is 23.2 Å². The Kier molecular flexibility index (Phi) is 11.0. The molecule has 2 aromatic rings. The molecule has 0 N–H and O–H groups in total. The molecule has 2 spiro atoms. The van der Waals surface area contributed by atoms with Crippen LogP contribution in [-0.4, -0.2) is 121 Å². The molecular formula is C46H60Cl2F2N4O4. The Morgan fingerprint density at radius 3 is 1.28 bits per heavy atom. The van der Waals surface area contributed by atoms with E-state index in [0.717, 1.165) is 112 Å². The summed E-state index contributed by atoms with van der Waals surface area (Å²) in [5.41, 5.74) is -0.0602. The highest BCUT2D eigenvalue weighted by Crippen LogP contribution is 2.53. The quantitative estimate of drug-likeness (QED) is 0.265. The lowest BCUT2D eigenvalue weighted by Crippen LogP contribution is -2.60. The predicted molar refractivity (Wildman–Crippen MR) is 223 cm³/mol. The molecule has 10 rings (SSSR count). The maximum Gasteiger partial charge on any atom is 0.260 e. The normalized spacial score (nSPS) is 28.4. The molecule has 12 heteroatoms. The highest BCUT2D eigenvalue weighted by molar-refractivity contribution is 6.31. The average Bonchev–Trinajstić information content (AvgIpc) is 4.03. The average molecular weight is 842 g/mol. The third-order valence-electron chi connectivity index (χ3n) is 15.5. The molecule has 8 nitrogen and oxygen atoms in total. The van der Waals surface area contributed by atoms with Crippen LogP contribution in [0.5, 0.6) is 11.5 Å². The number of benzene rings is 2. The van der Waals surface area contributed by atoms with Gasteiger partial charge in [-0.3, -0.25) is 9.59 Å². The lowest BCUT2D eigenvalue weighted by Gasteiger charge is -2.49. The molecule has 4 saturated carbocycles. The van der Waals surface area contributed by atoms with E-state index < -0.39 is 11.3 Å². The molecule has 316 valence electrons. The summed E-state index contributed by atoms with van der Waals surface area (Å²) >= 11 is 12.5. The Morgan fingerprint density at radius 2 is 0.948 bits per heavy atom. The monoisotopic (exact) mass is 840 g/mol. The van der Waals surface area contributed by atoms with Crippen LogP contribution in [0, 0.1) is 10.8 Å². The van der Waals surface area contributed by atoms with Crippen molar-refractivity contribution in [2.45, 2.75) is 125 Å². The molecular weight excluding hydrogens is 781 g/mol. The van der Waals surface area contributed by atoms with E-state index in [4.69, 9.17) is 32.7 Å². The smallest absolute Gasteiger partial charge is 0.260 e. The minimum Gasteiger partial charge on any atom is -0.496 e. The van der Waals surface area contributed by atoms with Crippen molar-refractivity contribution < 1.29 is 27.8 Å². The Balaban J connectivity index is 0.000000150. The van der Waals surface area contributed by atoms with Gasteiger partial charge in [-0.05, 0) is 175 Å². The zero-order valence-electron chi connectivity index (χ0n) is 34.3. The minimum atomic E-state index is -1.51. The summed E-state index contributed by atoms with van der Waals surface area (Å²) in [6.45, 7) is 7.45. The van der Waals surface area contributed by atoms with Gasteiger partial charge < -0.3 is 29.1 Å². The number of alkyl halides is 2. The van der Waals surface area contributed by atoms with Crippen molar-refractivity contribution in [3.63, 3.8) is 0 Å². The van der Waals surface area contributed by atoms with Crippen molar-refractivity contribution in [3.05, 3.63) is 57.6 Å². The van der Waals surface area contributed by atoms with Crippen molar-refractivity contribution in [1.82, 2.24) is 19.6 Å². The van der Waals surface area contributed by atoms with Gasteiger partial charge in [-0.2, -0.15) is 0 Å². The number of hydrogen-bond donors (Lipinski definition) is 0. The van der Waals surface area contributed by atoms with Crippen molar-refractivity contribution in [1.29, 1.82) is 0 Å². The zero-order valence-corrected chi connectivity index (χ0v) is 35.8. The summed E-state index contributed by atoms with van der Waals surface area (Å²) in [7, 11) is 3.45. The Hall–Kier alpha value is -2.66. The Morgan fingerprint density at radius 1 is 0.586 bits per heavy atom. The van der Waals surface area contributed by atoms with Crippen LogP contribution in [0.15, 0.2) is 36.4 Å².